The fourth-order valence-corrected chi connectivity index (χ4v) is 3.99. The average molecular weight is 438 g/mol. The molecule has 0 spiro atoms. The second-order valence-corrected chi connectivity index (χ2v) is 7.85. The van der Waals surface area contributed by atoms with Crippen LogP contribution in [0.1, 0.15) is 13.8 Å². The minimum atomic E-state index is -1.23. The molecule has 0 aromatic heterocycles. The van der Waals surface area contributed by atoms with Gasteiger partial charge in [-0.25, -0.2) is 0 Å². The Balaban J connectivity index is 4.63. The molecule has 12 nitrogen and oxygen atoms in total. The summed E-state index contributed by atoms with van der Waals surface area (Å²) in [6.07, 6.45) is 0. The number of carbonyl (C=O) groups is 6. The first-order valence-corrected chi connectivity index (χ1v) is 10.3. The molecule has 2 atom stereocenters. The standard InChI is InChI=1S/C14H22N4O8S2/c1-7(19)17-9(13(25)15-3-11(21)22)5-27-28-6-10(18-8(2)20)14(26)16-4-12(23)24/h9-10H,3-6H2,1-2H3,(H,15,25)(H,16,26)(H,17,19)(H,18,20)(H,21,22)(H,23,24)/t9-,10-/m0/s1. The van der Waals surface area contributed by atoms with Crippen LogP contribution in [0.4, 0.5) is 0 Å². The maximum absolute atomic E-state index is 11.9. The molecule has 0 saturated carbocycles. The molecule has 0 saturated heterocycles. The largest absolute Gasteiger partial charge is 0.480 e. The van der Waals surface area contributed by atoms with Crippen LogP contribution < -0.4 is 21.3 Å². The number of aliphatic carboxylic acids is 2. The molecule has 0 bridgehead atoms. The highest BCUT2D eigenvalue weighted by atomic mass is 33.1. The van der Waals surface area contributed by atoms with E-state index in [2.05, 4.69) is 21.3 Å². The van der Waals surface area contributed by atoms with Crippen molar-refractivity contribution in [2.45, 2.75) is 25.9 Å². The van der Waals surface area contributed by atoms with Gasteiger partial charge in [0, 0.05) is 25.4 Å². The first kappa shape index (κ1) is 25.5. The van der Waals surface area contributed by atoms with Gasteiger partial charge in [0.25, 0.3) is 0 Å². The van der Waals surface area contributed by atoms with Crippen LogP contribution in [-0.4, -0.2) is 82.5 Å². The van der Waals surface area contributed by atoms with Crippen molar-refractivity contribution in [2.75, 3.05) is 24.6 Å². The SMILES string of the molecule is CC(=O)N[C@@H](CSSC[C@H](NC(C)=O)C(=O)NCC(=O)O)C(=O)NCC(=O)O. The number of rotatable bonds is 13. The molecule has 0 rings (SSSR count). The molecule has 28 heavy (non-hydrogen) atoms. The Morgan fingerprint density at radius 3 is 1.29 bits per heavy atom. The van der Waals surface area contributed by atoms with Gasteiger partial charge in [-0.3, -0.25) is 28.8 Å². The van der Waals surface area contributed by atoms with E-state index in [0.29, 0.717) is 0 Å². The van der Waals surface area contributed by atoms with Crippen LogP contribution in [-0.2, 0) is 28.8 Å². The van der Waals surface area contributed by atoms with Gasteiger partial charge in [-0.1, -0.05) is 21.6 Å². The van der Waals surface area contributed by atoms with E-state index in [9.17, 15) is 28.8 Å². The summed E-state index contributed by atoms with van der Waals surface area (Å²) in [5.41, 5.74) is 0. The summed E-state index contributed by atoms with van der Waals surface area (Å²) in [5.74, 6) is -4.65. The van der Waals surface area contributed by atoms with Crippen LogP contribution in [0.3, 0.4) is 0 Å². The quantitative estimate of drug-likeness (QED) is 0.136. The topological polar surface area (TPSA) is 191 Å². The van der Waals surface area contributed by atoms with Crippen LogP contribution in [0.2, 0.25) is 0 Å². The Morgan fingerprint density at radius 1 is 0.714 bits per heavy atom. The third kappa shape index (κ3) is 12.8. The van der Waals surface area contributed by atoms with E-state index in [1.54, 1.807) is 0 Å². The zero-order valence-electron chi connectivity index (χ0n) is 15.1. The molecule has 158 valence electrons. The van der Waals surface area contributed by atoms with Crippen molar-refractivity contribution in [3.63, 3.8) is 0 Å². The molecule has 0 aliphatic heterocycles. The molecule has 14 heteroatoms. The Hall–Kier alpha value is -2.48. The fraction of sp³-hybridized carbons (Fsp3) is 0.571. The number of carboxylic acid groups (broad SMARTS) is 2. The average Bonchev–Trinajstić information content (AvgIpc) is 2.58. The van der Waals surface area contributed by atoms with Gasteiger partial charge in [0.1, 0.15) is 25.2 Å². The van der Waals surface area contributed by atoms with E-state index in [-0.39, 0.29) is 11.5 Å². The molecule has 0 aliphatic carbocycles. The van der Waals surface area contributed by atoms with Crippen molar-refractivity contribution in [3.8, 4) is 0 Å². The van der Waals surface area contributed by atoms with Gasteiger partial charge in [-0.2, -0.15) is 0 Å². The van der Waals surface area contributed by atoms with E-state index in [4.69, 9.17) is 10.2 Å². The number of amides is 4. The molecule has 0 fully saturated rings. The normalized spacial score (nSPS) is 12.2. The summed E-state index contributed by atoms with van der Waals surface area (Å²) in [5, 5.41) is 26.3. The van der Waals surface area contributed by atoms with Crippen molar-refractivity contribution in [1.82, 2.24) is 21.3 Å². The second kappa shape index (κ2) is 13.7. The number of carbonyl (C=O) groups excluding carboxylic acids is 4. The highest BCUT2D eigenvalue weighted by Gasteiger charge is 2.23. The lowest BCUT2D eigenvalue weighted by Crippen LogP contribution is -2.49. The van der Waals surface area contributed by atoms with Gasteiger partial charge in [-0.15, -0.1) is 0 Å². The van der Waals surface area contributed by atoms with Gasteiger partial charge in [0.15, 0.2) is 0 Å². The van der Waals surface area contributed by atoms with E-state index in [1.807, 2.05) is 0 Å². The van der Waals surface area contributed by atoms with Crippen LogP contribution in [0.5, 0.6) is 0 Å². The Kier molecular flexibility index (Phi) is 12.4. The summed E-state index contributed by atoms with van der Waals surface area (Å²) in [6.45, 7) is 1.21. The van der Waals surface area contributed by atoms with Crippen LogP contribution in [0.15, 0.2) is 0 Å². The van der Waals surface area contributed by atoms with Crippen LogP contribution >= 0.6 is 21.6 Å². The summed E-state index contributed by atoms with van der Waals surface area (Å²) in [6, 6.07) is -1.98. The molecule has 0 aromatic carbocycles. The highest BCUT2D eigenvalue weighted by Crippen LogP contribution is 2.23. The van der Waals surface area contributed by atoms with Gasteiger partial charge < -0.3 is 31.5 Å². The number of hydrogen-bond acceptors (Lipinski definition) is 8. The van der Waals surface area contributed by atoms with Crippen molar-refractivity contribution in [1.29, 1.82) is 0 Å². The molecule has 4 amide bonds. The number of hydrogen-bond donors (Lipinski definition) is 6. The second-order valence-electron chi connectivity index (χ2n) is 5.30. The molecule has 0 unspecified atom stereocenters. The molecule has 0 aromatic rings. The maximum Gasteiger partial charge on any atom is 0.322 e. The van der Waals surface area contributed by atoms with Crippen molar-refractivity contribution in [2.24, 2.45) is 0 Å². The predicted octanol–water partition coefficient (Wildman–Crippen LogP) is -2.22. The molecular formula is C14H22N4O8S2. The summed E-state index contributed by atoms with van der Waals surface area (Å²) >= 11 is 0. The lowest BCUT2D eigenvalue weighted by molar-refractivity contribution is -0.138. The zero-order valence-corrected chi connectivity index (χ0v) is 16.8. The Bertz CT molecular complexity index is 564. The third-order valence-corrected chi connectivity index (χ3v) is 5.19. The molecular weight excluding hydrogens is 416 g/mol. The van der Waals surface area contributed by atoms with Gasteiger partial charge >= 0.3 is 11.9 Å². The lowest BCUT2D eigenvalue weighted by Gasteiger charge is -2.18. The number of nitrogens with one attached hydrogen (secondary N) is 4. The minimum absolute atomic E-state index is 0.0687. The van der Waals surface area contributed by atoms with E-state index < -0.39 is 60.7 Å². The van der Waals surface area contributed by atoms with Crippen molar-refractivity contribution >= 4 is 57.2 Å². The summed E-state index contributed by atoms with van der Waals surface area (Å²) in [4.78, 5) is 67.3. The molecule has 0 radical (unpaired) electrons. The van der Waals surface area contributed by atoms with E-state index in [0.717, 1.165) is 21.6 Å². The smallest absolute Gasteiger partial charge is 0.322 e. The molecule has 0 aliphatic rings. The maximum atomic E-state index is 11.9. The minimum Gasteiger partial charge on any atom is -0.480 e. The van der Waals surface area contributed by atoms with Crippen molar-refractivity contribution in [3.05, 3.63) is 0 Å². The summed E-state index contributed by atoms with van der Waals surface area (Å²) < 4.78 is 0. The van der Waals surface area contributed by atoms with Gasteiger partial charge in [0.05, 0.1) is 0 Å². The third-order valence-electron chi connectivity index (χ3n) is 2.77. The fourth-order valence-electron chi connectivity index (χ4n) is 1.66. The van der Waals surface area contributed by atoms with Crippen molar-refractivity contribution < 1.29 is 39.0 Å². The van der Waals surface area contributed by atoms with Gasteiger partial charge in [-0.05, 0) is 0 Å². The monoisotopic (exact) mass is 438 g/mol. The first-order valence-electron chi connectivity index (χ1n) is 7.80. The molecule has 6 N–H and O–H groups in total. The molecule has 0 heterocycles. The lowest BCUT2D eigenvalue weighted by atomic mass is 10.3. The van der Waals surface area contributed by atoms with Gasteiger partial charge in [0.2, 0.25) is 23.6 Å². The predicted molar refractivity (Wildman–Crippen MR) is 101 cm³/mol. The highest BCUT2D eigenvalue weighted by molar-refractivity contribution is 8.76. The Morgan fingerprint density at radius 2 is 1.04 bits per heavy atom. The van der Waals surface area contributed by atoms with E-state index >= 15 is 0 Å². The first-order chi connectivity index (χ1) is 13.0. The Labute approximate surface area is 168 Å². The number of carboxylic acids is 2. The van der Waals surface area contributed by atoms with Crippen LogP contribution in [0, 0.1) is 0 Å². The summed E-state index contributed by atoms with van der Waals surface area (Å²) in [7, 11) is 2.22. The zero-order chi connectivity index (χ0) is 21.7. The van der Waals surface area contributed by atoms with E-state index in [1.165, 1.54) is 13.8 Å². The van der Waals surface area contributed by atoms with Crippen LogP contribution in [0.25, 0.3) is 0 Å².